The molecule has 1 aliphatic rings. The molecule has 0 atom stereocenters. The van der Waals surface area contributed by atoms with E-state index in [9.17, 15) is 4.79 Å². The van der Waals surface area contributed by atoms with Gasteiger partial charge in [0.1, 0.15) is 5.75 Å². The van der Waals surface area contributed by atoms with Gasteiger partial charge in [0, 0.05) is 0 Å². The zero-order valence-electron chi connectivity index (χ0n) is 8.40. The molecular weight excluding hydrogens is 212 g/mol. The Kier molecular flexibility index (Phi) is 2.86. The van der Waals surface area contributed by atoms with Crippen molar-refractivity contribution < 1.29 is 14.6 Å². The number of benzene rings is 1. The van der Waals surface area contributed by atoms with Crippen LogP contribution in [0.15, 0.2) is 23.1 Å². The van der Waals surface area contributed by atoms with Crippen molar-refractivity contribution in [3.05, 3.63) is 23.8 Å². The Labute approximate surface area is 92.4 Å². The summed E-state index contributed by atoms with van der Waals surface area (Å²) < 4.78 is 5.65. The molecule has 15 heavy (non-hydrogen) atoms. The molecule has 1 N–H and O–H groups in total. The summed E-state index contributed by atoms with van der Waals surface area (Å²) in [6.45, 7) is 0. The van der Waals surface area contributed by atoms with Gasteiger partial charge in [0.25, 0.3) is 0 Å². The average molecular weight is 224 g/mol. The van der Waals surface area contributed by atoms with Crippen molar-refractivity contribution >= 4 is 17.7 Å². The molecule has 0 aromatic heterocycles. The lowest BCUT2D eigenvalue weighted by atomic mass is 10.2. The van der Waals surface area contributed by atoms with Gasteiger partial charge in [-0.2, -0.15) is 0 Å². The number of carbonyl (C=O) groups is 1. The highest BCUT2D eigenvalue weighted by molar-refractivity contribution is 7.98. The predicted molar refractivity (Wildman–Crippen MR) is 58.8 cm³/mol. The summed E-state index contributed by atoms with van der Waals surface area (Å²) in [5, 5.41) is 9.00. The smallest absolute Gasteiger partial charge is 0.336 e. The van der Waals surface area contributed by atoms with Crippen LogP contribution < -0.4 is 4.74 Å². The second kappa shape index (κ2) is 4.14. The summed E-state index contributed by atoms with van der Waals surface area (Å²) >= 11 is 1.41. The molecule has 1 aromatic rings. The molecule has 1 saturated carbocycles. The largest absolute Gasteiger partial charge is 0.489 e. The predicted octanol–water partition coefficient (Wildman–Crippen LogP) is 2.65. The van der Waals surface area contributed by atoms with E-state index in [1.54, 1.807) is 12.1 Å². The third-order valence-corrected chi connectivity index (χ3v) is 3.06. The Balaban J connectivity index is 2.34. The molecule has 1 aliphatic carbocycles. The molecular formula is C11H12O3S. The first-order valence-electron chi connectivity index (χ1n) is 4.79. The van der Waals surface area contributed by atoms with Crippen LogP contribution in [0, 0.1) is 0 Å². The Bertz CT molecular complexity index is 385. The van der Waals surface area contributed by atoms with Crippen LogP contribution in [0.25, 0.3) is 0 Å². The third kappa shape index (κ3) is 2.26. The summed E-state index contributed by atoms with van der Waals surface area (Å²) in [6.07, 6.45) is 4.30. The van der Waals surface area contributed by atoms with Gasteiger partial charge >= 0.3 is 5.97 Å². The van der Waals surface area contributed by atoms with Crippen LogP contribution in [0.4, 0.5) is 0 Å². The molecule has 0 spiro atoms. The average Bonchev–Trinajstić information content (AvgIpc) is 3.01. The zero-order chi connectivity index (χ0) is 10.8. The van der Waals surface area contributed by atoms with Crippen LogP contribution in [-0.4, -0.2) is 23.4 Å². The Morgan fingerprint density at radius 1 is 1.53 bits per heavy atom. The van der Waals surface area contributed by atoms with E-state index in [1.165, 1.54) is 11.8 Å². The van der Waals surface area contributed by atoms with E-state index in [1.807, 2.05) is 12.3 Å². The maximum absolute atomic E-state index is 11.0. The first-order chi connectivity index (χ1) is 7.22. The number of carboxylic acids is 1. The minimum Gasteiger partial charge on any atom is -0.489 e. The van der Waals surface area contributed by atoms with E-state index in [4.69, 9.17) is 9.84 Å². The Morgan fingerprint density at radius 3 is 2.80 bits per heavy atom. The van der Waals surface area contributed by atoms with Crippen molar-refractivity contribution in [1.29, 1.82) is 0 Å². The van der Waals surface area contributed by atoms with E-state index < -0.39 is 5.97 Å². The Morgan fingerprint density at radius 2 is 2.27 bits per heavy atom. The third-order valence-electron chi connectivity index (χ3n) is 2.23. The highest BCUT2D eigenvalue weighted by Crippen LogP contribution is 2.35. The van der Waals surface area contributed by atoms with Crippen LogP contribution in [0.1, 0.15) is 23.2 Å². The van der Waals surface area contributed by atoms with E-state index in [-0.39, 0.29) is 0 Å². The first-order valence-corrected chi connectivity index (χ1v) is 6.02. The molecule has 4 heteroatoms. The summed E-state index contributed by atoms with van der Waals surface area (Å²) in [4.78, 5) is 11.7. The number of hydrogen-bond acceptors (Lipinski definition) is 3. The second-order valence-corrected chi connectivity index (χ2v) is 4.28. The van der Waals surface area contributed by atoms with Crippen molar-refractivity contribution in [3.8, 4) is 5.75 Å². The number of aromatic carboxylic acids is 1. The highest BCUT2D eigenvalue weighted by Gasteiger charge is 2.25. The maximum atomic E-state index is 11.0. The molecule has 0 saturated heterocycles. The van der Waals surface area contributed by atoms with Gasteiger partial charge in [-0.3, -0.25) is 0 Å². The molecule has 3 nitrogen and oxygen atoms in total. The van der Waals surface area contributed by atoms with Crippen LogP contribution >= 0.6 is 11.8 Å². The lowest BCUT2D eigenvalue weighted by Gasteiger charge is -2.11. The molecule has 80 valence electrons. The fourth-order valence-electron chi connectivity index (χ4n) is 1.35. The number of carboxylic acid groups (broad SMARTS) is 1. The van der Waals surface area contributed by atoms with Crippen LogP contribution in [0.5, 0.6) is 5.75 Å². The quantitative estimate of drug-likeness (QED) is 0.799. The van der Waals surface area contributed by atoms with Gasteiger partial charge in [0.05, 0.1) is 16.6 Å². The lowest BCUT2D eigenvalue weighted by Crippen LogP contribution is -2.03. The van der Waals surface area contributed by atoms with Crippen molar-refractivity contribution in [2.24, 2.45) is 0 Å². The number of hydrogen-bond donors (Lipinski definition) is 1. The van der Waals surface area contributed by atoms with Crippen LogP contribution in [-0.2, 0) is 0 Å². The Hall–Kier alpha value is -1.16. The van der Waals surface area contributed by atoms with Crippen molar-refractivity contribution in [1.82, 2.24) is 0 Å². The molecule has 0 heterocycles. The van der Waals surface area contributed by atoms with E-state index in [2.05, 4.69) is 0 Å². The molecule has 0 amide bonds. The zero-order valence-corrected chi connectivity index (χ0v) is 9.21. The lowest BCUT2D eigenvalue weighted by molar-refractivity contribution is 0.0692. The van der Waals surface area contributed by atoms with Gasteiger partial charge < -0.3 is 9.84 Å². The summed E-state index contributed by atoms with van der Waals surface area (Å²) in [5.74, 6) is -0.203. The fourth-order valence-corrected chi connectivity index (χ4v) is 2.05. The topological polar surface area (TPSA) is 46.5 Å². The SMILES string of the molecule is CSc1c(OC2CC2)cccc1C(=O)O. The molecule has 1 fully saturated rings. The van der Waals surface area contributed by atoms with Gasteiger partial charge in [-0.15, -0.1) is 11.8 Å². The minimum absolute atomic E-state index is 0.292. The fraction of sp³-hybridized carbons (Fsp3) is 0.364. The number of rotatable bonds is 4. The molecule has 0 unspecified atom stereocenters. The monoisotopic (exact) mass is 224 g/mol. The highest BCUT2D eigenvalue weighted by atomic mass is 32.2. The van der Waals surface area contributed by atoms with Crippen molar-refractivity contribution in [2.75, 3.05) is 6.26 Å². The molecule has 0 aliphatic heterocycles. The number of ether oxygens (including phenoxy) is 1. The molecule has 1 aromatic carbocycles. The summed E-state index contributed by atoms with van der Waals surface area (Å²) in [5.41, 5.74) is 0.320. The minimum atomic E-state index is -0.902. The van der Waals surface area contributed by atoms with Gasteiger partial charge in [-0.25, -0.2) is 4.79 Å². The molecule has 2 rings (SSSR count). The van der Waals surface area contributed by atoms with E-state index in [0.29, 0.717) is 17.4 Å². The molecule has 0 radical (unpaired) electrons. The maximum Gasteiger partial charge on any atom is 0.336 e. The van der Waals surface area contributed by atoms with Crippen LogP contribution in [0.2, 0.25) is 0 Å². The van der Waals surface area contributed by atoms with E-state index >= 15 is 0 Å². The van der Waals surface area contributed by atoms with Gasteiger partial charge in [0.2, 0.25) is 0 Å². The standard InChI is InChI=1S/C11H12O3S/c1-15-10-8(11(12)13)3-2-4-9(10)14-7-5-6-7/h2-4,7H,5-6H2,1H3,(H,12,13). The van der Waals surface area contributed by atoms with Crippen LogP contribution in [0.3, 0.4) is 0 Å². The normalized spacial score (nSPS) is 15.0. The van der Waals surface area contributed by atoms with Crippen molar-refractivity contribution in [2.45, 2.75) is 23.8 Å². The summed E-state index contributed by atoms with van der Waals surface area (Å²) in [7, 11) is 0. The van der Waals surface area contributed by atoms with Gasteiger partial charge in [-0.05, 0) is 31.2 Å². The second-order valence-electron chi connectivity index (χ2n) is 3.46. The molecule has 0 bridgehead atoms. The van der Waals surface area contributed by atoms with Gasteiger partial charge in [-0.1, -0.05) is 6.07 Å². The first kappa shape index (κ1) is 10.4. The van der Waals surface area contributed by atoms with Gasteiger partial charge in [0.15, 0.2) is 0 Å². The summed E-state index contributed by atoms with van der Waals surface area (Å²) in [6, 6.07) is 5.16. The number of thioether (sulfide) groups is 1. The van der Waals surface area contributed by atoms with Crippen molar-refractivity contribution in [3.63, 3.8) is 0 Å². The van der Waals surface area contributed by atoms with E-state index in [0.717, 1.165) is 17.7 Å².